The number of benzene rings is 1. The Balaban J connectivity index is 2.15. The maximum Gasteiger partial charge on any atom is 0.374 e. The Kier molecular flexibility index (Phi) is 5.46. The Hall–Kier alpha value is -2.54. The summed E-state index contributed by atoms with van der Waals surface area (Å²) >= 11 is 0. The Morgan fingerprint density at radius 1 is 1.19 bits per heavy atom. The van der Waals surface area contributed by atoms with Crippen LogP contribution in [-0.4, -0.2) is 57.8 Å². The van der Waals surface area contributed by atoms with Crippen LogP contribution in [0.25, 0.3) is 11.0 Å². The van der Waals surface area contributed by atoms with Crippen molar-refractivity contribution in [1.82, 2.24) is 4.90 Å². The van der Waals surface area contributed by atoms with Crippen LogP contribution in [0.3, 0.4) is 0 Å². The van der Waals surface area contributed by atoms with Crippen LogP contribution >= 0.6 is 0 Å². The van der Waals surface area contributed by atoms with E-state index in [4.69, 9.17) is 13.9 Å². The van der Waals surface area contributed by atoms with Crippen molar-refractivity contribution >= 4 is 22.6 Å². The predicted molar refractivity (Wildman–Crippen MR) is 99.3 cm³/mol. The van der Waals surface area contributed by atoms with Crippen molar-refractivity contribution in [2.24, 2.45) is 0 Å². The summed E-state index contributed by atoms with van der Waals surface area (Å²) < 4.78 is 16.2. The summed E-state index contributed by atoms with van der Waals surface area (Å²) in [4.78, 5) is 29.1. The molecule has 0 amide bonds. The average Bonchev–Trinajstić information content (AvgIpc) is 2.85. The van der Waals surface area contributed by atoms with Gasteiger partial charge in [-0.1, -0.05) is 0 Å². The summed E-state index contributed by atoms with van der Waals surface area (Å²) in [5.41, 5.74) is 0.866. The van der Waals surface area contributed by atoms with Gasteiger partial charge in [0.2, 0.25) is 5.76 Å². The highest BCUT2D eigenvalue weighted by atomic mass is 16.5. The summed E-state index contributed by atoms with van der Waals surface area (Å²) in [7, 11) is 3.65. The number of anilines is 1. The molecule has 0 spiro atoms. The number of nitrogens with zero attached hydrogens (tertiary/aromatic N) is 2. The van der Waals surface area contributed by atoms with Gasteiger partial charge in [0.15, 0.2) is 11.0 Å². The molecule has 1 aliphatic heterocycles. The van der Waals surface area contributed by atoms with E-state index in [9.17, 15) is 9.59 Å². The topological polar surface area (TPSA) is 72.2 Å². The first-order valence-electron chi connectivity index (χ1n) is 8.80. The number of carbonyl (C=O) groups is 1. The minimum Gasteiger partial charge on any atom is -0.497 e. The van der Waals surface area contributed by atoms with Gasteiger partial charge in [-0.2, -0.15) is 0 Å². The van der Waals surface area contributed by atoms with Crippen LogP contribution in [-0.2, 0) is 4.74 Å². The van der Waals surface area contributed by atoms with E-state index >= 15 is 0 Å². The molecule has 140 valence electrons. The quantitative estimate of drug-likeness (QED) is 0.773. The molecule has 0 saturated carbocycles. The van der Waals surface area contributed by atoms with Gasteiger partial charge in [-0.25, -0.2) is 4.79 Å². The molecule has 0 radical (unpaired) electrons. The third-order valence-electron chi connectivity index (χ3n) is 4.56. The summed E-state index contributed by atoms with van der Waals surface area (Å²) in [6.45, 7) is 5.47. The van der Waals surface area contributed by atoms with Gasteiger partial charge in [0.05, 0.1) is 24.8 Å². The molecule has 1 aromatic carbocycles. The molecular formula is C19H24N2O5. The molecule has 1 aromatic heterocycles. The highest BCUT2D eigenvalue weighted by molar-refractivity contribution is 5.94. The molecule has 7 nitrogen and oxygen atoms in total. The van der Waals surface area contributed by atoms with E-state index in [-0.39, 0.29) is 17.8 Å². The van der Waals surface area contributed by atoms with E-state index in [1.54, 1.807) is 20.1 Å². The number of likely N-dealkylation sites (N-methyl/N-ethyl adjacent to an activating group) is 1. The van der Waals surface area contributed by atoms with Crippen molar-refractivity contribution in [2.75, 3.05) is 51.8 Å². The molecule has 1 saturated heterocycles. The predicted octanol–water partition coefficient (Wildman–Crippen LogP) is 2.12. The molecule has 0 N–H and O–H groups in total. The van der Waals surface area contributed by atoms with Crippen molar-refractivity contribution in [1.29, 1.82) is 0 Å². The second-order valence-electron chi connectivity index (χ2n) is 6.36. The van der Waals surface area contributed by atoms with Gasteiger partial charge in [0, 0.05) is 31.8 Å². The first-order chi connectivity index (χ1) is 12.5. The number of carbonyl (C=O) groups excluding carboxylic acids is 1. The highest BCUT2D eigenvalue weighted by Crippen LogP contribution is 2.32. The van der Waals surface area contributed by atoms with Crippen LogP contribution in [0, 0.1) is 0 Å². The lowest BCUT2D eigenvalue weighted by Gasteiger charge is -2.24. The van der Waals surface area contributed by atoms with Crippen molar-refractivity contribution < 1.29 is 18.7 Å². The zero-order valence-electron chi connectivity index (χ0n) is 15.4. The first-order valence-corrected chi connectivity index (χ1v) is 8.80. The van der Waals surface area contributed by atoms with Crippen molar-refractivity contribution in [3.05, 3.63) is 34.2 Å². The second kappa shape index (κ2) is 7.78. The fourth-order valence-corrected chi connectivity index (χ4v) is 3.16. The van der Waals surface area contributed by atoms with Gasteiger partial charge < -0.3 is 23.7 Å². The normalized spacial score (nSPS) is 15.7. The third-order valence-corrected chi connectivity index (χ3v) is 4.56. The van der Waals surface area contributed by atoms with E-state index in [0.29, 0.717) is 16.7 Å². The molecule has 0 atom stereocenters. The molecule has 3 rings (SSSR count). The Morgan fingerprint density at radius 3 is 2.73 bits per heavy atom. The van der Waals surface area contributed by atoms with Crippen LogP contribution < -0.4 is 15.1 Å². The number of ether oxygens (including phenoxy) is 2. The van der Waals surface area contributed by atoms with E-state index < -0.39 is 5.97 Å². The lowest BCUT2D eigenvalue weighted by molar-refractivity contribution is 0.0490. The van der Waals surface area contributed by atoms with Gasteiger partial charge in [0.1, 0.15) is 5.75 Å². The molecule has 1 aliphatic rings. The first kappa shape index (κ1) is 18.3. The number of hydrogen-bond acceptors (Lipinski definition) is 7. The number of hydrogen-bond donors (Lipinski definition) is 0. The molecular weight excluding hydrogens is 336 g/mol. The lowest BCUT2D eigenvalue weighted by atomic mass is 10.1. The van der Waals surface area contributed by atoms with Crippen LogP contribution in [0.15, 0.2) is 27.4 Å². The average molecular weight is 360 g/mol. The summed E-state index contributed by atoms with van der Waals surface area (Å²) in [5.74, 6) is -0.132. The van der Waals surface area contributed by atoms with E-state index in [1.165, 1.54) is 6.07 Å². The zero-order valence-corrected chi connectivity index (χ0v) is 15.4. The van der Waals surface area contributed by atoms with Gasteiger partial charge >= 0.3 is 5.97 Å². The third kappa shape index (κ3) is 3.67. The van der Waals surface area contributed by atoms with Gasteiger partial charge in [-0.05, 0) is 33.0 Å². The van der Waals surface area contributed by atoms with Crippen LogP contribution in [0.5, 0.6) is 5.75 Å². The second-order valence-corrected chi connectivity index (χ2v) is 6.36. The minimum absolute atomic E-state index is 0.0808. The molecule has 1 fully saturated rings. The standard InChI is InChI=1S/C19H24N2O5/c1-4-25-19(23)17-12-16(22)14-10-13(24-3)11-15(18(14)26-17)21-7-5-6-20(2)8-9-21/h10-12H,4-9H2,1-3H3. The Bertz CT molecular complexity index is 861. The molecule has 26 heavy (non-hydrogen) atoms. The largest absolute Gasteiger partial charge is 0.497 e. The SMILES string of the molecule is CCOC(=O)c1cc(=O)c2cc(OC)cc(N3CCCN(C)CC3)c2o1. The van der Waals surface area contributed by atoms with Gasteiger partial charge in [-0.3, -0.25) is 4.79 Å². The number of rotatable bonds is 4. The molecule has 0 bridgehead atoms. The molecule has 2 aromatic rings. The van der Waals surface area contributed by atoms with Gasteiger partial charge in [0.25, 0.3) is 0 Å². The van der Waals surface area contributed by atoms with Crippen LogP contribution in [0.4, 0.5) is 5.69 Å². The van der Waals surface area contributed by atoms with E-state index in [1.807, 2.05) is 6.07 Å². The smallest absolute Gasteiger partial charge is 0.374 e. The Morgan fingerprint density at radius 2 is 2.00 bits per heavy atom. The number of fused-ring (bicyclic) bond motifs is 1. The summed E-state index contributed by atoms with van der Waals surface area (Å²) in [6.07, 6.45) is 0.997. The lowest BCUT2D eigenvalue weighted by Crippen LogP contribution is -2.29. The van der Waals surface area contributed by atoms with Crippen LogP contribution in [0.2, 0.25) is 0 Å². The van der Waals surface area contributed by atoms with E-state index in [2.05, 4.69) is 16.8 Å². The fraction of sp³-hybridized carbons (Fsp3) is 0.474. The molecule has 0 aliphatic carbocycles. The number of esters is 1. The van der Waals surface area contributed by atoms with Crippen molar-refractivity contribution in [2.45, 2.75) is 13.3 Å². The fourth-order valence-electron chi connectivity index (χ4n) is 3.16. The van der Waals surface area contributed by atoms with E-state index in [0.717, 1.165) is 38.3 Å². The van der Waals surface area contributed by atoms with Crippen LogP contribution in [0.1, 0.15) is 23.9 Å². The Labute approximate surface area is 152 Å². The van der Waals surface area contributed by atoms with Crippen molar-refractivity contribution in [3.63, 3.8) is 0 Å². The van der Waals surface area contributed by atoms with Crippen molar-refractivity contribution in [3.8, 4) is 5.75 Å². The van der Waals surface area contributed by atoms with Gasteiger partial charge in [-0.15, -0.1) is 0 Å². The maximum atomic E-state index is 12.6. The highest BCUT2D eigenvalue weighted by Gasteiger charge is 2.21. The number of methoxy groups -OCH3 is 1. The summed E-state index contributed by atoms with van der Waals surface area (Å²) in [5, 5.41) is 0.394. The molecule has 0 unspecified atom stereocenters. The minimum atomic E-state index is -0.635. The molecule has 2 heterocycles. The maximum absolute atomic E-state index is 12.6. The zero-order chi connectivity index (χ0) is 18.7. The monoisotopic (exact) mass is 360 g/mol. The molecule has 7 heteroatoms. The summed E-state index contributed by atoms with van der Waals surface area (Å²) in [6, 6.07) is 4.68.